The minimum Gasteiger partial charge on any atom is -0.369 e. The summed E-state index contributed by atoms with van der Waals surface area (Å²) < 4.78 is 0. The van der Waals surface area contributed by atoms with E-state index >= 15 is 0 Å². The van der Waals surface area contributed by atoms with Crippen molar-refractivity contribution in [1.29, 1.82) is 0 Å². The quantitative estimate of drug-likeness (QED) is 0.751. The first-order chi connectivity index (χ1) is 7.36. The van der Waals surface area contributed by atoms with Crippen molar-refractivity contribution in [1.82, 2.24) is 4.98 Å². The summed E-state index contributed by atoms with van der Waals surface area (Å²) in [5, 5.41) is 0. The third kappa shape index (κ3) is 2.56. The lowest BCUT2D eigenvalue weighted by atomic mass is 10.2. The molecule has 1 aromatic carbocycles. The Morgan fingerprint density at radius 2 is 2.00 bits per heavy atom. The molecule has 0 aliphatic rings. The lowest BCUT2D eigenvalue weighted by Gasteiger charge is -2.18. The van der Waals surface area contributed by atoms with Crippen molar-refractivity contribution >= 4 is 5.69 Å². The van der Waals surface area contributed by atoms with Crippen molar-refractivity contribution in [3.05, 3.63) is 60.4 Å². The van der Waals surface area contributed by atoms with Crippen molar-refractivity contribution in [3.8, 4) is 0 Å². The fraction of sp³-hybridized carbons (Fsp3) is 0.154. The zero-order chi connectivity index (χ0) is 10.5. The Kier molecular flexibility index (Phi) is 2.98. The largest absolute Gasteiger partial charge is 0.369 e. The van der Waals surface area contributed by atoms with Gasteiger partial charge in [0.15, 0.2) is 0 Å². The second-order valence-electron chi connectivity index (χ2n) is 3.42. The Morgan fingerprint density at radius 1 is 1.20 bits per heavy atom. The molecule has 0 spiro atoms. The molecule has 1 radical (unpaired) electrons. The smallest absolute Gasteiger partial charge is 0.0675 e. The standard InChI is InChI=1S/C13H13N2/c1-15(13-8-3-2-4-9-13)11-12-7-5-6-10-14-12/h2-6,8-10H,11H2,1H3. The minimum absolute atomic E-state index is 0.783. The lowest BCUT2D eigenvalue weighted by molar-refractivity contribution is 0.883. The average molecular weight is 197 g/mol. The molecule has 2 rings (SSSR count). The molecule has 2 aromatic rings. The monoisotopic (exact) mass is 197 g/mol. The highest BCUT2D eigenvalue weighted by Crippen LogP contribution is 2.12. The van der Waals surface area contributed by atoms with Crippen LogP contribution in [0.15, 0.2) is 48.7 Å². The van der Waals surface area contributed by atoms with Crippen LogP contribution in [0.4, 0.5) is 5.69 Å². The summed E-state index contributed by atoms with van der Waals surface area (Å²) in [5.41, 5.74) is 2.15. The van der Waals surface area contributed by atoms with Gasteiger partial charge in [-0.2, -0.15) is 0 Å². The molecule has 0 unspecified atom stereocenters. The van der Waals surface area contributed by atoms with Crippen LogP contribution in [0.1, 0.15) is 5.69 Å². The summed E-state index contributed by atoms with van der Waals surface area (Å²) in [6.45, 7) is 0.783. The van der Waals surface area contributed by atoms with E-state index in [0.717, 1.165) is 12.2 Å². The van der Waals surface area contributed by atoms with E-state index in [1.807, 2.05) is 30.3 Å². The first-order valence-corrected chi connectivity index (χ1v) is 4.94. The van der Waals surface area contributed by atoms with E-state index in [-0.39, 0.29) is 0 Å². The number of rotatable bonds is 3. The van der Waals surface area contributed by atoms with E-state index in [1.165, 1.54) is 5.69 Å². The number of aromatic nitrogens is 1. The molecular formula is C13H13N2. The maximum atomic E-state index is 4.25. The maximum Gasteiger partial charge on any atom is 0.0675 e. The lowest BCUT2D eigenvalue weighted by Crippen LogP contribution is -2.16. The van der Waals surface area contributed by atoms with E-state index in [4.69, 9.17) is 0 Å². The molecule has 0 fully saturated rings. The number of benzene rings is 1. The van der Waals surface area contributed by atoms with Gasteiger partial charge in [0.25, 0.3) is 0 Å². The van der Waals surface area contributed by atoms with Crippen molar-refractivity contribution < 1.29 is 0 Å². The van der Waals surface area contributed by atoms with Crippen LogP contribution in [-0.2, 0) is 6.54 Å². The van der Waals surface area contributed by atoms with Crippen LogP contribution >= 0.6 is 0 Å². The number of anilines is 1. The maximum absolute atomic E-state index is 4.25. The second-order valence-corrected chi connectivity index (χ2v) is 3.42. The van der Waals surface area contributed by atoms with Crippen LogP contribution in [0.2, 0.25) is 0 Å². The van der Waals surface area contributed by atoms with Crippen molar-refractivity contribution in [3.63, 3.8) is 0 Å². The topological polar surface area (TPSA) is 16.1 Å². The van der Waals surface area contributed by atoms with E-state index in [1.54, 1.807) is 6.20 Å². The summed E-state index contributed by atoms with van der Waals surface area (Å²) in [5.74, 6) is 0. The van der Waals surface area contributed by atoms with Gasteiger partial charge < -0.3 is 4.90 Å². The normalized spacial score (nSPS) is 9.93. The third-order valence-corrected chi connectivity index (χ3v) is 2.25. The Bertz CT molecular complexity index is 397. The Labute approximate surface area is 90.2 Å². The highest BCUT2D eigenvalue weighted by molar-refractivity contribution is 5.45. The number of hydrogen-bond donors (Lipinski definition) is 0. The minimum atomic E-state index is 0.783. The highest BCUT2D eigenvalue weighted by Gasteiger charge is 2.01. The number of hydrogen-bond acceptors (Lipinski definition) is 2. The predicted molar refractivity (Wildman–Crippen MR) is 61.6 cm³/mol. The molecule has 1 aromatic heterocycles. The number of nitrogens with zero attached hydrogens (tertiary/aromatic N) is 2. The molecular weight excluding hydrogens is 184 g/mol. The van der Waals surface area contributed by atoms with Gasteiger partial charge in [-0.3, -0.25) is 4.98 Å². The summed E-state index contributed by atoms with van der Waals surface area (Å²) in [6, 6.07) is 17.1. The molecule has 15 heavy (non-hydrogen) atoms. The fourth-order valence-corrected chi connectivity index (χ4v) is 1.44. The van der Waals surface area contributed by atoms with Crippen LogP contribution in [0.3, 0.4) is 0 Å². The Morgan fingerprint density at radius 3 is 2.67 bits per heavy atom. The van der Waals surface area contributed by atoms with Gasteiger partial charge in [-0.1, -0.05) is 24.3 Å². The Balaban J connectivity index is 2.08. The van der Waals surface area contributed by atoms with Crippen LogP contribution < -0.4 is 4.90 Å². The number of pyridine rings is 1. The van der Waals surface area contributed by atoms with Crippen LogP contribution in [0.25, 0.3) is 0 Å². The van der Waals surface area contributed by atoms with Gasteiger partial charge in [-0.15, -0.1) is 0 Å². The van der Waals surface area contributed by atoms with E-state index < -0.39 is 0 Å². The van der Waals surface area contributed by atoms with Crippen molar-refractivity contribution in [2.24, 2.45) is 0 Å². The zero-order valence-electron chi connectivity index (χ0n) is 8.72. The molecule has 0 amide bonds. The van der Waals surface area contributed by atoms with Gasteiger partial charge in [0.05, 0.1) is 12.2 Å². The van der Waals surface area contributed by atoms with Crippen LogP contribution in [0.5, 0.6) is 0 Å². The Hall–Kier alpha value is -1.83. The molecule has 0 atom stereocenters. The molecule has 2 nitrogen and oxygen atoms in total. The van der Waals surface area contributed by atoms with Crippen molar-refractivity contribution in [2.45, 2.75) is 6.54 Å². The van der Waals surface area contributed by atoms with Crippen LogP contribution in [0, 0.1) is 6.07 Å². The third-order valence-electron chi connectivity index (χ3n) is 2.25. The average Bonchev–Trinajstić information content (AvgIpc) is 2.31. The summed E-state index contributed by atoms with van der Waals surface area (Å²) in [7, 11) is 2.05. The van der Waals surface area contributed by atoms with Gasteiger partial charge in [0.2, 0.25) is 0 Å². The molecule has 0 aliphatic heterocycles. The van der Waals surface area contributed by atoms with Gasteiger partial charge in [-0.05, 0) is 18.2 Å². The molecule has 0 aliphatic carbocycles. The second kappa shape index (κ2) is 4.60. The van der Waals surface area contributed by atoms with Gasteiger partial charge in [0.1, 0.15) is 0 Å². The molecule has 0 bridgehead atoms. The van der Waals surface area contributed by atoms with Crippen LogP contribution in [-0.4, -0.2) is 12.0 Å². The molecule has 0 saturated carbocycles. The van der Waals surface area contributed by atoms with Gasteiger partial charge >= 0.3 is 0 Å². The van der Waals surface area contributed by atoms with E-state index in [0.29, 0.717) is 0 Å². The first kappa shape index (κ1) is 9.71. The first-order valence-electron chi connectivity index (χ1n) is 4.94. The molecule has 0 N–H and O–H groups in total. The summed E-state index contributed by atoms with van der Waals surface area (Å²) in [4.78, 5) is 6.40. The number of para-hydroxylation sites is 1. The van der Waals surface area contributed by atoms with Gasteiger partial charge in [-0.25, -0.2) is 0 Å². The predicted octanol–water partition coefficient (Wildman–Crippen LogP) is 2.52. The van der Waals surface area contributed by atoms with E-state index in [9.17, 15) is 0 Å². The van der Waals surface area contributed by atoms with E-state index in [2.05, 4.69) is 35.1 Å². The highest BCUT2D eigenvalue weighted by atomic mass is 15.1. The molecule has 75 valence electrons. The molecule has 2 heteroatoms. The summed E-state index contributed by atoms with van der Waals surface area (Å²) >= 11 is 0. The zero-order valence-corrected chi connectivity index (χ0v) is 8.72. The molecule has 1 heterocycles. The SMILES string of the molecule is CN(Cc1[c]cccn1)c1ccccc1. The fourth-order valence-electron chi connectivity index (χ4n) is 1.44. The molecule has 0 saturated heterocycles. The van der Waals surface area contributed by atoms with Crippen molar-refractivity contribution in [2.75, 3.05) is 11.9 Å². The summed E-state index contributed by atoms with van der Waals surface area (Å²) in [6.07, 6.45) is 1.80. The van der Waals surface area contributed by atoms with Gasteiger partial charge in [0, 0.05) is 25.0 Å².